The molecule has 0 spiro atoms. The van der Waals surface area contributed by atoms with E-state index in [1.165, 1.54) is 31.2 Å². The van der Waals surface area contributed by atoms with Crippen molar-refractivity contribution >= 4 is 106 Å². The average molecular weight is 1330 g/mol. The molecule has 36 heteroatoms. The summed E-state index contributed by atoms with van der Waals surface area (Å²) < 4.78 is 0. The van der Waals surface area contributed by atoms with E-state index in [-0.39, 0.29) is 87.3 Å². The number of nitrogens with two attached hydrogens (primary N) is 5. The Hall–Kier alpha value is -9.35. The fourth-order valence-corrected chi connectivity index (χ4v) is 10.5. The monoisotopic (exact) mass is 1330 g/mol. The number of primary amides is 3. The van der Waals surface area contributed by atoms with Crippen LogP contribution in [0.25, 0.3) is 0 Å². The zero-order valence-corrected chi connectivity index (χ0v) is 53.7. The van der Waals surface area contributed by atoms with Gasteiger partial charge in [0.05, 0.1) is 31.4 Å². The molecule has 15 amide bonds. The molecule has 0 radical (unpaired) electrons. The Labute approximate surface area is 541 Å². The number of hydrogen-bond donors (Lipinski definition) is 18. The first-order valence-electron chi connectivity index (χ1n) is 30.2. The molecule has 0 saturated carbocycles. The third kappa shape index (κ3) is 28.0. The van der Waals surface area contributed by atoms with Gasteiger partial charge in [-0.05, 0) is 88.3 Å². The first-order valence-corrected chi connectivity index (χ1v) is 31.3. The molecule has 2 heterocycles. The van der Waals surface area contributed by atoms with Gasteiger partial charge in [-0.2, -0.15) is 0 Å². The molecule has 1 aromatic carbocycles. The van der Waals surface area contributed by atoms with Crippen molar-refractivity contribution in [3.05, 3.63) is 29.8 Å². The highest BCUT2D eigenvalue weighted by Gasteiger charge is 2.41. The minimum absolute atomic E-state index is 0.000904. The molecule has 0 unspecified atom stereocenters. The van der Waals surface area contributed by atoms with E-state index in [1.54, 1.807) is 27.7 Å². The number of aliphatic imine (C=N–C) groups is 1. The van der Waals surface area contributed by atoms with Gasteiger partial charge in [0.15, 0.2) is 5.96 Å². The van der Waals surface area contributed by atoms with Crippen LogP contribution in [-0.4, -0.2) is 214 Å². The summed E-state index contributed by atoms with van der Waals surface area (Å²) in [6, 6.07) is -9.42. The Balaban J connectivity index is 2.10. The SMILES string of the molecule is CC(C)C[C@@H]1NC(=O)[C@H](CCCN=C(N)N)NC(=O)[C@H](CC(C)C)NC(=O)[C@H](Cc2ccc(O)cc2)NC(=O)CSC[C@@H](C(N)=O)NC(=O)CNC(=O)CNC(=O)[C@H](CCC(N)=O)NC(=O)[C@H](CC(N)=O)NC(=O)[C@H]([C@@H](C)O)NC(=O)[C@@H]2CCCN2C(=O)[C@H](C)NC1=O. The smallest absolute Gasteiger partial charge is 0.245 e. The number of amides is 15. The Morgan fingerprint density at radius 2 is 1.14 bits per heavy atom. The molecule has 2 fully saturated rings. The van der Waals surface area contributed by atoms with Gasteiger partial charge in [0.2, 0.25) is 88.6 Å². The maximum Gasteiger partial charge on any atom is 0.245 e. The largest absolute Gasteiger partial charge is 0.508 e. The van der Waals surface area contributed by atoms with E-state index >= 15 is 0 Å². The van der Waals surface area contributed by atoms with Gasteiger partial charge in [0, 0.05) is 31.7 Å². The highest BCUT2D eigenvalue weighted by molar-refractivity contribution is 8.00. The van der Waals surface area contributed by atoms with Crippen molar-refractivity contribution in [2.45, 2.75) is 172 Å². The van der Waals surface area contributed by atoms with Gasteiger partial charge >= 0.3 is 0 Å². The molecule has 0 aliphatic carbocycles. The van der Waals surface area contributed by atoms with Crippen molar-refractivity contribution in [1.82, 2.24) is 63.4 Å². The van der Waals surface area contributed by atoms with Crippen LogP contribution in [0.3, 0.4) is 0 Å². The van der Waals surface area contributed by atoms with E-state index in [2.05, 4.69) is 63.5 Å². The van der Waals surface area contributed by atoms with E-state index in [0.29, 0.717) is 5.56 Å². The summed E-state index contributed by atoms with van der Waals surface area (Å²) in [6.45, 7) is 7.79. The van der Waals surface area contributed by atoms with Crippen LogP contribution >= 0.6 is 11.8 Å². The number of aliphatic hydroxyl groups is 1. The Bertz CT molecular complexity index is 2890. The predicted molar refractivity (Wildman–Crippen MR) is 335 cm³/mol. The van der Waals surface area contributed by atoms with E-state index in [9.17, 15) is 82.1 Å². The quantitative estimate of drug-likeness (QED) is 0.0391. The lowest BCUT2D eigenvalue weighted by atomic mass is 9.99. The molecule has 3 rings (SSSR count). The molecule has 1 aromatic rings. The van der Waals surface area contributed by atoms with Crippen LogP contribution in [0.1, 0.15) is 105 Å². The number of phenolic OH excluding ortho intramolecular Hbond substituents is 1. The second-order valence-corrected chi connectivity index (χ2v) is 24.4. The number of fused-ring (bicyclic) bond motifs is 1. The number of guanidine groups is 1. The van der Waals surface area contributed by atoms with Crippen molar-refractivity contribution in [3.63, 3.8) is 0 Å². The fourth-order valence-electron chi connectivity index (χ4n) is 9.63. The average Bonchev–Trinajstić information content (AvgIpc) is 1.80. The topological polar surface area (TPSA) is 575 Å². The summed E-state index contributed by atoms with van der Waals surface area (Å²) >= 11 is 0.806. The highest BCUT2D eigenvalue weighted by Crippen LogP contribution is 2.20. The lowest BCUT2D eigenvalue weighted by molar-refractivity contribution is -0.143. The van der Waals surface area contributed by atoms with E-state index < -0.39 is 193 Å². The number of phenols is 1. The van der Waals surface area contributed by atoms with Gasteiger partial charge < -0.3 is 102 Å². The minimum atomic E-state index is -1.91. The van der Waals surface area contributed by atoms with Gasteiger partial charge in [-0.25, -0.2) is 0 Å². The van der Waals surface area contributed by atoms with E-state index in [4.69, 9.17) is 28.7 Å². The summed E-state index contributed by atoms with van der Waals surface area (Å²) in [4.78, 5) is 208. The highest BCUT2D eigenvalue weighted by atomic mass is 32.2. The number of benzene rings is 1. The number of rotatable bonds is 17. The van der Waals surface area contributed by atoms with Gasteiger partial charge in [-0.1, -0.05) is 39.8 Å². The van der Waals surface area contributed by atoms with Gasteiger partial charge in [0.25, 0.3) is 0 Å². The van der Waals surface area contributed by atoms with Crippen molar-refractivity contribution in [2.75, 3.05) is 37.7 Å². The molecule has 2 aliphatic heterocycles. The first kappa shape index (κ1) is 77.9. The van der Waals surface area contributed by atoms with Crippen LogP contribution in [0.5, 0.6) is 5.75 Å². The molecule has 93 heavy (non-hydrogen) atoms. The van der Waals surface area contributed by atoms with Gasteiger partial charge in [-0.15, -0.1) is 11.8 Å². The maximum atomic E-state index is 14.5. The maximum absolute atomic E-state index is 14.5. The number of carbonyl (C=O) groups is 15. The van der Waals surface area contributed by atoms with Crippen LogP contribution in [0, 0.1) is 11.8 Å². The number of nitrogens with zero attached hydrogens (tertiary/aromatic N) is 2. The molecule has 0 bridgehead atoms. The summed E-state index contributed by atoms with van der Waals surface area (Å²) in [7, 11) is 0. The molecule has 516 valence electrons. The normalized spacial score (nSPS) is 25.2. The zero-order valence-electron chi connectivity index (χ0n) is 52.8. The van der Waals surface area contributed by atoms with E-state index in [0.717, 1.165) is 23.6 Å². The number of hydrogen-bond acceptors (Lipinski definition) is 19. The Kier molecular flexibility index (Phi) is 32.2. The molecule has 2 aliphatic rings. The third-order valence-corrected chi connectivity index (χ3v) is 15.4. The van der Waals surface area contributed by atoms with Crippen LogP contribution in [0.2, 0.25) is 0 Å². The summed E-state index contributed by atoms with van der Waals surface area (Å²) in [6.07, 6.45) is -3.57. The molecular formula is C57H90N18O17S. The summed E-state index contributed by atoms with van der Waals surface area (Å²) in [5, 5.41) is 47.6. The third-order valence-electron chi connectivity index (χ3n) is 14.3. The predicted octanol–water partition coefficient (Wildman–Crippen LogP) is -7.56. The lowest BCUT2D eigenvalue weighted by Gasteiger charge is -2.31. The number of carbonyl (C=O) groups excluding carboxylic acids is 15. The van der Waals surface area contributed by atoms with Crippen LogP contribution < -0.4 is 87.2 Å². The second kappa shape index (κ2) is 38.5. The Morgan fingerprint density at radius 3 is 1.70 bits per heavy atom. The minimum Gasteiger partial charge on any atom is -0.508 e. The number of nitrogens with one attached hydrogen (secondary N) is 11. The molecule has 0 aromatic heterocycles. The lowest BCUT2D eigenvalue weighted by Crippen LogP contribution is -2.61. The van der Waals surface area contributed by atoms with Crippen LogP contribution in [0.15, 0.2) is 29.3 Å². The molecule has 2 saturated heterocycles. The van der Waals surface area contributed by atoms with E-state index in [1.807, 2.05) is 0 Å². The zero-order chi connectivity index (χ0) is 69.8. The fraction of sp³-hybridized carbons (Fsp3) is 0.614. The van der Waals surface area contributed by atoms with Gasteiger partial charge in [0.1, 0.15) is 66.2 Å². The molecule has 11 atom stereocenters. The number of thioether (sulfide) groups is 1. The van der Waals surface area contributed by atoms with Crippen molar-refractivity contribution in [1.29, 1.82) is 0 Å². The molecule has 23 N–H and O–H groups in total. The number of aliphatic hydroxyl groups excluding tert-OH is 1. The second-order valence-electron chi connectivity index (χ2n) is 23.4. The molecular weight excluding hydrogens is 1240 g/mol. The van der Waals surface area contributed by atoms with Crippen molar-refractivity contribution in [2.24, 2.45) is 45.5 Å². The molecule has 35 nitrogen and oxygen atoms in total. The van der Waals surface area contributed by atoms with Gasteiger partial charge in [-0.3, -0.25) is 76.9 Å². The Morgan fingerprint density at radius 1 is 0.602 bits per heavy atom. The number of aromatic hydroxyl groups is 1. The van der Waals surface area contributed by atoms with Crippen LogP contribution in [0.4, 0.5) is 0 Å². The first-order chi connectivity index (χ1) is 43.6. The van der Waals surface area contributed by atoms with Crippen LogP contribution in [-0.2, 0) is 78.3 Å². The standard InChI is InChI=1S/C57H90N18O17S/c1-27(2)19-35-50(86)66-29(5)56(92)75-18-8-10-40(75)54(90)74-46(30(6)76)55(91)73-38(22-42(59)79)53(89)70-34(15-16-41(58)78)48(84)65-23-43(80)64-24-44(81)68-39(47(60)83)25-93-26-45(82)67-37(21-31-11-13-32(77)14-12-31)52(88)72-36(20-28(3)4)51(87)69-33(49(85)71-35)9-7-17-63-57(61)62/h11-14,27-30,33-40,46,76-77H,7-10,15-26H2,1-6H3,(H2,58,78)(H2,59,79)(H2,60,83)(H,64,80)(H,65,84)(H,66,86)(H,67,82)(H,68,81)(H,69,87)(H,70,89)(H,71,85)(H,72,88)(H,73,91)(H,74,90)(H4,61,62,63)/t29-,30+,33-,34-,35-,36-,37-,38-,39-,40-,46-/m0/s1. The summed E-state index contributed by atoms with van der Waals surface area (Å²) in [5.41, 5.74) is 27.8. The van der Waals surface area contributed by atoms with Crippen molar-refractivity contribution < 1.29 is 82.1 Å². The summed E-state index contributed by atoms with van der Waals surface area (Å²) in [5.74, 6) is -16.3. The van der Waals surface area contributed by atoms with Crippen molar-refractivity contribution in [3.8, 4) is 5.75 Å².